The van der Waals surface area contributed by atoms with E-state index in [2.05, 4.69) is 28.1 Å². The normalized spacial score (nSPS) is 15.8. The van der Waals surface area contributed by atoms with Crippen molar-refractivity contribution in [1.29, 1.82) is 0 Å². The molecule has 0 N–H and O–H groups in total. The summed E-state index contributed by atoms with van der Waals surface area (Å²) < 4.78 is 11.8. The molecular formula is C27H29N3O2. The first-order valence-corrected chi connectivity index (χ1v) is 11.5. The van der Waals surface area contributed by atoms with Gasteiger partial charge in [0.2, 0.25) is 0 Å². The Kier molecular flexibility index (Phi) is 6.45. The van der Waals surface area contributed by atoms with E-state index in [1.807, 2.05) is 42.5 Å². The van der Waals surface area contributed by atoms with E-state index < -0.39 is 0 Å². The molecule has 1 aromatic heterocycles. The average Bonchev–Trinajstić information content (AvgIpc) is 3.28. The van der Waals surface area contributed by atoms with Gasteiger partial charge in [0.25, 0.3) is 0 Å². The largest absolute Gasteiger partial charge is 0.491 e. The Labute approximate surface area is 189 Å². The number of benzene rings is 2. The van der Waals surface area contributed by atoms with Crippen molar-refractivity contribution in [1.82, 2.24) is 9.88 Å². The first kappa shape index (κ1) is 20.7. The molecule has 0 bridgehead atoms. The second-order valence-corrected chi connectivity index (χ2v) is 8.42. The van der Waals surface area contributed by atoms with Gasteiger partial charge in [-0.15, -0.1) is 0 Å². The van der Waals surface area contributed by atoms with Crippen LogP contribution in [0.25, 0.3) is 0 Å². The molecule has 1 fully saturated rings. The van der Waals surface area contributed by atoms with Crippen molar-refractivity contribution in [3.8, 4) is 11.5 Å². The molecule has 0 spiro atoms. The first-order chi connectivity index (χ1) is 15.8. The van der Waals surface area contributed by atoms with Gasteiger partial charge in [-0.1, -0.05) is 42.8 Å². The fourth-order valence-electron chi connectivity index (χ4n) is 4.26. The molecule has 5 nitrogen and oxygen atoms in total. The molecule has 2 aliphatic rings. The van der Waals surface area contributed by atoms with Crippen LogP contribution in [0.4, 0.5) is 5.69 Å². The van der Waals surface area contributed by atoms with Gasteiger partial charge in [0, 0.05) is 19.0 Å². The summed E-state index contributed by atoms with van der Waals surface area (Å²) in [6, 6.07) is 20.4. The zero-order valence-corrected chi connectivity index (χ0v) is 18.4. The summed E-state index contributed by atoms with van der Waals surface area (Å²) in [6.07, 6.45) is 6.62. The molecule has 0 aliphatic carbocycles. The zero-order chi connectivity index (χ0) is 21.6. The minimum Gasteiger partial charge on any atom is -0.491 e. The van der Waals surface area contributed by atoms with Crippen LogP contribution in [0.5, 0.6) is 11.5 Å². The number of aromatic nitrogens is 1. The average molecular weight is 428 g/mol. The molecule has 0 amide bonds. The van der Waals surface area contributed by atoms with Gasteiger partial charge in [-0.2, -0.15) is 0 Å². The predicted molar refractivity (Wildman–Crippen MR) is 127 cm³/mol. The van der Waals surface area contributed by atoms with E-state index >= 15 is 0 Å². The van der Waals surface area contributed by atoms with Crippen LogP contribution in [-0.4, -0.2) is 41.8 Å². The number of fused-ring (bicyclic) bond motifs is 1. The number of piperidine rings is 1. The Hall–Kier alpha value is -3.18. The number of aliphatic imine (C=N–C) groups is 1. The lowest BCUT2D eigenvalue weighted by molar-refractivity contribution is 0.183. The number of hydrogen-bond donors (Lipinski definition) is 0. The lowest BCUT2D eigenvalue weighted by Gasteiger charge is -2.26. The highest BCUT2D eigenvalue weighted by Gasteiger charge is 2.16. The number of hydrogen-bond acceptors (Lipinski definition) is 5. The van der Waals surface area contributed by atoms with Crippen LogP contribution < -0.4 is 9.47 Å². The minimum atomic E-state index is 0.419. The van der Waals surface area contributed by atoms with E-state index in [0.29, 0.717) is 13.2 Å². The molecule has 3 heterocycles. The van der Waals surface area contributed by atoms with Crippen LogP contribution >= 0.6 is 0 Å². The Morgan fingerprint density at radius 3 is 2.50 bits per heavy atom. The van der Waals surface area contributed by atoms with Crippen LogP contribution in [0.15, 0.2) is 71.9 Å². The Morgan fingerprint density at radius 2 is 1.69 bits per heavy atom. The van der Waals surface area contributed by atoms with Crippen LogP contribution in [0.3, 0.4) is 0 Å². The van der Waals surface area contributed by atoms with Crippen molar-refractivity contribution in [2.24, 2.45) is 4.99 Å². The maximum absolute atomic E-state index is 5.98. The van der Waals surface area contributed by atoms with Gasteiger partial charge in [0.05, 0.1) is 23.3 Å². The fourth-order valence-corrected chi connectivity index (χ4v) is 4.26. The van der Waals surface area contributed by atoms with Crippen molar-refractivity contribution in [2.75, 3.05) is 26.2 Å². The third-order valence-corrected chi connectivity index (χ3v) is 6.09. The highest BCUT2D eigenvalue weighted by atomic mass is 16.5. The van der Waals surface area contributed by atoms with Gasteiger partial charge in [-0.3, -0.25) is 14.9 Å². The van der Waals surface area contributed by atoms with E-state index in [-0.39, 0.29) is 0 Å². The zero-order valence-electron chi connectivity index (χ0n) is 18.4. The van der Waals surface area contributed by atoms with Crippen LogP contribution in [0, 0.1) is 0 Å². The summed E-state index contributed by atoms with van der Waals surface area (Å²) in [7, 11) is 0. The molecule has 5 heteroatoms. The molecule has 164 valence electrons. The van der Waals surface area contributed by atoms with Crippen molar-refractivity contribution in [2.45, 2.75) is 32.3 Å². The molecule has 32 heavy (non-hydrogen) atoms. The van der Waals surface area contributed by atoms with Gasteiger partial charge < -0.3 is 9.47 Å². The van der Waals surface area contributed by atoms with Gasteiger partial charge in [0.15, 0.2) is 0 Å². The minimum absolute atomic E-state index is 0.419. The lowest BCUT2D eigenvalue weighted by atomic mass is 10.0. The van der Waals surface area contributed by atoms with E-state index in [9.17, 15) is 0 Å². The molecule has 3 aromatic rings. The Morgan fingerprint density at radius 1 is 0.844 bits per heavy atom. The number of pyridine rings is 1. The smallest absolute Gasteiger partial charge is 0.137 e. The third kappa shape index (κ3) is 5.17. The van der Waals surface area contributed by atoms with Crippen LogP contribution in [0.2, 0.25) is 0 Å². The lowest BCUT2D eigenvalue weighted by Crippen LogP contribution is -2.33. The molecule has 2 aromatic carbocycles. The van der Waals surface area contributed by atoms with E-state index in [0.717, 1.165) is 41.6 Å². The first-order valence-electron chi connectivity index (χ1n) is 11.5. The van der Waals surface area contributed by atoms with Crippen molar-refractivity contribution >= 4 is 11.4 Å². The van der Waals surface area contributed by atoms with Crippen molar-refractivity contribution < 1.29 is 9.47 Å². The SMILES string of the molecule is c1ccc(C2=Nc3cc(OCc4ccc(OCCN5CCCCC5)cn4)ccc3C2)cc1. The quantitative estimate of drug-likeness (QED) is 0.496. The molecule has 0 saturated carbocycles. The molecule has 0 atom stereocenters. The maximum Gasteiger partial charge on any atom is 0.137 e. The molecule has 0 radical (unpaired) electrons. The topological polar surface area (TPSA) is 47.0 Å². The number of nitrogens with zero attached hydrogens (tertiary/aromatic N) is 3. The summed E-state index contributed by atoms with van der Waals surface area (Å²) in [5.74, 6) is 1.62. The summed E-state index contributed by atoms with van der Waals surface area (Å²) in [4.78, 5) is 11.8. The molecule has 0 unspecified atom stereocenters. The standard InChI is InChI=1S/C27H29N3O2/c1-3-7-21(8-4-1)26-17-22-9-11-24(18-27(22)29-26)32-20-23-10-12-25(19-28-23)31-16-15-30-13-5-2-6-14-30/h1,3-4,7-12,18-19H,2,5-6,13-17,20H2. The summed E-state index contributed by atoms with van der Waals surface area (Å²) in [5.41, 5.74) is 5.39. The van der Waals surface area contributed by atoms with Gasteiger partial charge in [-0.25, -0.2) is 0 Å². The van der Waals surface area contributed by atoms with Crippen LogP contribution in [0.1, 0.15) is 36.1 Å². The van der Waals surface area contributed by atoms with Crippen molar-refractivity contribution in [3.05, 3.63) is 83.7 Å². The van der Waals surface area contributed by atoms with Crippen LogP contribution in [-0.2, 0) is 13.0 Å². The van der Waals surface area contributed by atoms with Gasteiger partial charge in [0.1, 0.15) is 24.7 Å². The molecular weight excluding hydrogens is 398 g/mol. The predicted octanol–water partition coefficient (Wildman–Crippen LogP) is 5.20. The molecule has 1 saturated heterocycles. The Balaban J connectivity index is 1.12. The summed E-state index contributed by atoms with van der Waals surface area (Å²) in [5, 5.41) is 0. The van der Waals surface area contributed by atoms with E-state index in [1.165, 1.54) is 43.5 Å². The summed E-state index contributed by atoms with van der Waals surface area (Å²) >= 11 is 0. The van der Waals surface area contributed by atoms with Gasteiger partial charge >= 0.3 is 0 Å². The van der Waals surface area contributed by atoms with Crippen molar-refractivity contribution in [3.63, 3.8) is 0 Å². The number of likely N-dealkylation sites (tertiary alicyclic amines) is 1. The highest BCUT2D eigenvalue weighted by molar-refractivity contribution is 6.06. The molecule has 2 aliphatic heterocycles. The highest BCUT2D eigenvalue weighted by Crippen LogP contribution is 2.32. The van der Waals surface area contributed by atoms with E-state index in [1.54, 1.807) is 6.20 Å². The number of rotatable bonds is 8. The monoisotopic (exact) mass is 427 g/mol. The summed E-state index contributed by atoms with van der Waals surface area (Å²) in [6.45, 7) is 4.50. The second-order valence-electron chi connectivity index (χ2n) is 8.42. The fraction of sp³-hybridized carbons (Fsp3) is 0.333. The van der Waals surface area contributed by atoms with E-state index in [4.69, 9.17) is 14.5 Å². The van der Waals surface area contributed by atoms with Gasteiger partial charge in [-0.05, 0) is 55.3 Å². The number of ether oxygens (including phenoxy) is 2. The third-order valence-electron chi connectivity index (χ3n) is 6.09. The second kappa shape index (κ2) is 9.96. The maximum atomic E-state index is 5.98. The Bertz CT molecular complexity index is 1060. The molecule has 5 rings (SSSR count).